The van der Waals surface area contributed by atoms with Crippen LogP contribution >= 0.6 is 0 Å². The molecule has 0 aliphatic rings. The second-order valence-corrected chi connectivity index (χ2v) is 3.45. The van der Waals surface area contributed by atoms with Crippen LogP contribution in [0.25, 0.3) is 16.5 Å². The fourth-order valence-electron chi connectivity index (χ4n) is 1.27. The van der Waals surface area contributed by atoms with Crippen molar-refractivity contribution in [1.82, 2.24) is 5.32 Å². The summed E-state index contributed by atoms with van der Waals surface area (Å²) in [6, 6.07) is 9.61. The Morgan fingerprint density at radius 3 is 2.82 bits per heavy atom. The number of rotatable bonds is 5. The summed E-state index contributed by atoms with van der Waals surface area (Å²) < 4.78 is 0. The number of hydrogen-bond acceptors (Lipinski definition) is 2. The molecule has 0 bridgehead atoms. The highest BCUT2D eigenvalue weighted by molar-refractivity contribution is 5.97. The molecule has 0 heterocycles. The molecule has 0 aromatic heterocycles. The Bertz CT molecular complexity index is 447. The van der Waals surface area contributed by atoms with Crippen molar-refractivity contribution in [2.24, 2.45) is 5.11 Å². The van der Waals surface area contributed by atoms with E-state index in [4.69, 9.17) is 5.53 Å². The Morgan fingerprint density at radius 1 is 1.47 bits per heavy atom. The maximum absolute atomic E-state index is 11.6. The zero-order valence-electron chi connectivity index (χ0n) is 9.63. The molecular weight excluding hydrogens is 216 g/mol. The predicted molar refractivity (Wildman–Crippen MR) is 67.1 cm³/mol. The maximum Gasteiger partial charge on any atom is 0.246 e. The SMILES string of the molecule is CC(=Cc1ccccc1)C(=O)NCCN=[N+]=[N-]. The molecule has 1 aromatic carbocycles. The summed E-state index contributed by atoms with van der Waals surface area (Å²) in [4.78, 5) is 14.2. The lowest BCUT2D eigenvalue weighted by Gasteiger charge is -2.03. The Kier molecular flexibility index (Phi) is 5.34. The van der Waals surface area contributed by atoms with Crippen LogP contribution < -0.4 is 5.32 Å². The fraction of sp³-hybridized carbons (Fsp3) is 0.250. The second kappa shape index (κ2) is 7.09. The highest BCUT2D eigenvalue weighted by Gasteiger charge is 2.02. The van der Waals surface area contributed by atoms with Crippen LogP contribution in [0.2, 0.25) is 0 Å². The van der Waals surface area contributed by atoms with Gasteiger partial charge in [0.25, 0.3) is 0 Å². The van der Waals surface area contributed by atoms with Crippen LogP contribution in [0, 0.1) is 0 Å². The Morgan fingerprint density at radius 2 is 2.18 bits per heavy atom. The first-order valence-corrected chi connectivity index (χ1v) is 5.26. The quantitative estimate of drug-likeness (QED) is 0.272. The van der Waals surface area contributed by atoms with E-state index in [1.807, 2.05) is 36.4 Å². The van der Waals surface area contributed by atoms with Crippen LogP contribution in [-0.2, 0) is 4.79 Å². The van der Waals surface area contributed by atoms with Gasteiger partial charge in [-0.25, -0.2) is 0 Å². The van der Waals surface area contributed by atoms with Crippen molar-refractivity contribution in [3.63, 3.8) is 0 Å². The summed E-state index contributed by atoms with van der Waals surface area (Å²) >= 11 is 0. The molecule has 1 rings (SSSR count). The predicted octanol–water partition coefficient (Wildman–Crippen LogP) is 2.52. The number of hydrogen-bond donors (Lipinski definition) is 1. The lowest BCUT2D eigenvalue weighted by molar-refractivity contribution is -0.117. The van der Waals surface area contributed by atoms with Gasteiger partial charge in [-0.2, -0.15) is 0 Å². The molecule has 1 N–H and O–H groups in total. The molecule has 0 aliphatic carbocycles. The number of carbonyl (C=O) groups is 1. The Hall–Kier alpha value is -2.26. The molecule has 0 radical (unpaired) electrons. The van der Waals surface area contributed by atoms with Crippen molar-refractivity contribution in [3.8, 4) is 0 Å². The van der Waals surface area contributed by atoms with Gasteiger partial charge in [0, 0.05) is 23.6 Å². The highest BCUT2D eigenvalue weighted by Crippen LogP contribution is 2.05. The van der Waals surface area contributed by atoms with Crippen LogP contribution in [-0.4, -0.2) is 19.0 Å². The van der Waals surface area contributed by atoms with E-state index < -0.39 is 0 Å². The third-order valence-corrected chi connectivity index (χ3v) is 2.10. The van der Waals surface area contributed by atoms with E-state index in [9.17, 15) is 4.79 Å². The molecule has 5 heteroatoms. The average Bonchev–Trinajstić information content (AvgIpc) is 2.35. The first kappa shape index (κ1) is 12.8. The average molecular weight is 230 g/mol. The van der Waals surface area contributed by atoms with Gasteiger partial charge in [-0.05, 0) is 24.1 Å². The zero-order chi connectivity index (χ0) is 12.5. The summed E-state index contributed by atoms with van der Waals surface area (Å²) in [5.74, 6) is -0.151. The van der Waals surface area contributed by atoms with Crippen LogP contribution in [0.3, 0.4) is 0 Å². The van der Waals surface area contributed by atoms with Gasteiger partial charge in [0.2, 0.25) is 5.91 Å². The molecule has 17 heavy (non-hydrogen) atoms. The Balaban J connectivity index is 2.52. The number of nitrogens with one attached hydrogen (secondary N) is 1. The summed E-state index contributed by atoms with van der Waals surface area (Å²) in [5, 5.41) is 6.00. The van der Waals surface area contributed by atoms with Crippen LogP contribution in [0.1, 0.15) is 12.5 Å². The minimum absolute atomic E-state index is 0.151. The van der Waals surface area contributed by atoms with Crippen molar-refractivity contribution < 1.29 is 4.79 Å². The lowest BCUT2D eigenvalue weighted by atomic mass is 10.1. The van der Waals surface area contributed by atoms with E-state index in [1.165, 1.54) is 0 Å². The van der Waals surface area contributed by atoms with Gasteiger partial charge in [0.15, 0.2) is 0 Å². The van der Waals surface area contributed by atoms with Crippen molar-refractivity contribution in [2.75, 3.05) is 13.1 Å². The Labute approximate surface area is 99.8 Å². The van der Waals surface area contributed by atoms with Gasteiger partial charge >= 0.3 is 0 Å². The van der Waals surface area contributed by atoms with Gasteiger partial charge in [-0.15, -0.1) is 0 Å². The van der Waals surface area contributed by atoms with Crippen molar-refractivity contribution in [2.45, 2.75) is 6.92 Å². The molecule has 88 valence electrons. The minimum Gasteiger partial charge on any atom is -0.352 e. The third kappa shape index (κ3) is 4.86. The number of carbonyl (C=O) groups excluding carboxylic acids is 1. The first-order chi connectivity index (χ1) is 8.24. The third-order valence-electron chi connectivity index (χ3n) is 2.10. The van der Waals surface area contributed by atoms with Crippen molar-refractivity contribution >= 4 is 12.0 Å². The lowest BCUT2D eigenvalue weighted by Crippen LogP contribution is -2.26. The van der Waals surface area contributed by atoms with E-state index in [2.05, 4.69) is 15.3 Å². The zero-order valence-corrected chi connectivity index (χ0v) is 9.63. The molecule has 0 fully saturated rings. The van der Waals surface area contributed by atoms with Gasteiger partial charge in [0.1, 0.15) is 0 Å². The van der Waals surface area contributed by atoms with Gasteiger partial charge in [-0.1, -0.05) is 35.4 Å². The molecule has 0 aliphatic heterocycles. The van der Waals surface area contributed by atoms with Gasteiger partial charge in [-0.3, -0.25) is 4.79 Å². The molecule has 0 saturated heterocycles. The number of amides is 1. The topological polar surface area (TPSA) is 77.9 Å². The summed E-state index contributed by atoms with van der Waals surface area (Å²) in [7, 11) is 0. The van der Waals surface area contributed by atoms with Crippen molar-refractivity contribution in [3.05, 3.63) is 51.9 Å². The fourth-order valence-corrected chi connectivity index (χ4v) is 1.27. The van der Waals surface area contributed by atoms with Crippen LogP contribution in [0.4, 0.5) is 0 Å². The number of nitrogens with zero attached hydrogens (tertiary/aromatic N) is 3. The maximum atomic E-state index is 11.6. The first-order valence-electron chi connectivity index (χ1n) is 5.26. The minimum atomic E-state index is -0.151. The van der Waals surface area contributed by atoms with E-state index in [1.54, 1.807) is 6.92 Å². The number of benzene rings is 1. The van der Waals surface area contributed by atoms with Crippen LogP contribution in [0.5, 0.6) is 0 Å². The standard InChI is InChI=1S/C12H14N4O/c1-10(9-11-5-3-2-4-6-11)12(17)14-7-8-15-16-13/h2-6,9H,7-8H2,1H3,(H,14,17). The molecule has 0 atom stereocenters. The molecule has 0 spiro atoms. The smallest absolute Gasteiger partial charge is 0.246 e. The van der Waals surface area contributed by atoms with E-state index in [0.29, 0.717) is 12.1 Å². The summed E-state index contributed by atoms with van der Waals surface area (Å²) in [5.41, 5.74) is 9.67. The monoisotopic (exact) mass is 230 g/mol. The highest BCUT2D eigenvalue weighted by atomic mass is 16.1. The van der Waals surface area contributed by atoms with E-state index >= 15 is 0 Å². The van der Waals surface area contributed by atoms with E-state index in [0.717, 1.165) is 5.56 Å². The largest absolute Gasteiger partial charge is 0.352 e. The van der Waals surface area contributed by atoms with Crippen molar-refractivity contribution in [1.29, 1.82) is 0 Å². The normalized spacial score (nSPS) is 10.5. The second-order valence-electron chi connectivity index (χ2n) is 3.45. The molecule has 1 amide bonds. The van der Waals surface area contributed by atoms with Gasteiger partial charge < -0.3 is 5.32 Å². The van der Waals surface area contributed by atoms with Crippen LogP contribution in [0.15, 0.2) is 41.0 Å². The molecule has 0 saturated carbocycles. The molecule has 1 aromatic rings. The number of azide groups is 1. The van der Waals surface area contributed by atoms with E-state index in [-0.39, 0.29) is 12.5 Å². The summed E-state index contributed by atoms with van der Waals surface area (Å²) in [6.07, 6.45) is 1.81. The molecule has 5 nitrogen and oxygen atoms in total. The van der Waals surface area contributed by atoms with Gasteiger partial charge in [0.05, 0.1) is 0 Å². The molecular formula is C12H14N4O. The molecule has 0 unspecified atom stereocenters. The summed E-state index contributed by atoms with van der Waals surface area (Å²) in [6.45, 7) is 2.36.